The van der Waals surface area contributed by atoms with E-state index in [2.05, 4.69) is 38.8 Å². The lowest BCUT2D eigenvalue weighted by Crippen LogP contribution is -2.05. The van der Waals surface area contributed by atoms with Crippen LogP contribution in [0, 0.1) is 0 Å². The molecule has 6 heteroatoms. The van der Waals surface area contributed by atoms with E-state index in [1.54, 1.807) is 17.7 Å². The molecule has 4 aromatic rings. The molecule has 0 aliphatic carbocycles. The Labute approximate surface area is 154 Å². The predicted octanol–water partition coefficient (Wildman–Crippen LogP) is 5.06. The molecule has 2 aromatic heterocycles. The fourth-order valence-corrected chi connectivity index (χ4v) is 3.72. The Bertz CT molecular complexity index is 1080. The fraction of sp³-hybridized carbons (Fsp3) is 0.0500. The van der Waals surface area contributed by atoms with E-state index in [1.165, 1.54) is 6.92 Å². The predicted molar refractivity (Wildman–Crippen MR) is 107 cm³/mol. The summed E-state index contributed by atoms with van der Waals surface area (Å²) < 4.78 is 0. The van der Waals surface area contributed by atoms with Crippen LogP contribution in [0.3, 0.4) is 0 Å². The van der Waals surface area contributed by atoms with Crippen LogP contribution in [0.15, 0.2) is 67.0 Å². The Hall–Kier alpha value is -3.25. The van der Waals surface area contributed by atoms with Crippen LogP contribution in [0.1, 0.15) is 6.92 Å². The topological polar surface area (TPSA) is 66.9 Å². The zero-order chi connectivity index (χ0) is 17.9. The minimum atomic E-state index is -0.100. The highest BCUT2D eigenvalue weighted by molar-refractivity contribution is 7.21. The third-order valence-electron chi connectivity index (χ3n) is 3.83. The van der Waals surface area contributed by atoms with E-state index in [1.807, 2.05) is 42.5 Å². The largest absolute Gasteiger partial charge is 0.340 e. The average Bonchev–Trinajstić information content (AvgIpc) is 3.08. The molecule has 0 fully saturated rings. The number of amides is 1. The Morgan fingerprint density at radius 1 is 0.962 bits per heavy atom. The smallest absolute Gasteiger partial charge is 0.221 e. The van der Waals surface area contributed by atoms with Gasteiger partial charge in [-0.1, -0.05) is 36.4 Å². The molecule has 2 aromatic carbocycles. The molecule has 2 N–H and O–H groups in total. The van der Waals surface area contributed by atoms with Crippen LogP contribution < -0.4 is 10.6 Å². The van der Waals surface area contributed by atoms with Crippen LogP contribution in [0.2, 0.25) is 0 Å². The molecule has 0 bridgehead atoms. The minimum absolute atomic E-state index is 0.100. The first kappa shape index (κ1) is 16.2. The van der Waals surface area contributed by atoms with Crippen molar-refractivity contribution in [1.82, 2.24) is 9.97 Å². The molecule has 0 saturated heterocycles. The number of benzene rings is 2. The molecule has 0 atom stereocenters. The number of nitrogens with zero attached hydrogens (tertiary/aromatic N) is 2. The van der Waals surface area contributed by atoms with E-state index in [4.69, 9.17) is 0 Å². The molecule has 0 aliphatic heterocycles. The van der Waals surface area contributed by atoms with Crippen LogP contribution >= 0.6 is 11.3 Å². The third-order valence-corrected chi connectivity index (χ3v) is 4.93. The molecule has 0 saturated carbocycles. The summed E-state index contributed by atoms with van der Waals surface area (Å²) in [6.45, 7) is 1.49. The van der Waals surface area contributed by atoms with Crippen molar-refractivity contribution >= 4 is 44.7 Å². The molecule has 128 valence electrons. The van der Waals surface area contributed by atoms with E-state index >= 15 is 0 Å². The molecule has 2 heterocycles. The van der Waals surface area contributed by atoms with Gasteiger partial charge in [0.15, 0.2) is 0 Å². The van der Waals surface area contributed by atoms with Crippen molar-refractivity contribution in [2.75, 3.05) is 10.6 Å². The normalized spacial score (nSPS) is 10.7. The summed E-state index contributed by atoms with van der Waals surface area (Å²) in [5.41, 5.74) is 2.75. The average molecular weight is 360 g/mol. The summed E-state index contributed by atoms with van der Waals surface area (Å²) in [4.78, 5) is 22.1. The van der Waals surface area contributed by atoms with Gasteiger partial charge in [0.2, 0.25) is 5.91 Å². The van der Waals surface area contributed by atoms with Crippen molar-refractivity contribution in [3.8, 4) is 10.4 Å². The zero-order valence-corrected chi connectivity index (χ0v) is 14.9. The van der Waals surface area contributed by atoms with Crippen LogP contribution in [0.4, 0.5) is 17.2 Å². The summed E-state index contributed by atoms with van der Waals surface area (Å²) in [6.07, 6.45) is 1.56. The van der Waals surface area contributed by atoms with Gasteiger partial charge in [-0.3, -0.25) is 4.79 Å². The molecular formula is C20H16N4OS. The number of carbonyl (C=O) groups is 1. The maximum Gasteiger partial charge on any atom is 0.221 e. The SMILES string of the molecule is CC(=O)Nc1cccc(Nc2ncnc3sc(-c4ccccc4)cc23)c1. The van der Waals surface area contributed by atoms with Crippen molar-refractivity contribution in [2.24, 2.45) is 0 Å². The van der Waals surface area contributed by atoms with Gasteiger partial charge in [0.05, 0.1) is 5.39 Å². The van der Waals surface area contributed by atoms with E-state index in [-0.39, 0.29) is 5.91 Å². The maximum absolute atomic E-state index is 11.2. The standard InChI is InChI=1S/C20H16N4OS/c1-13(25)23-15-8-5-9-16(10-15)24-19-17-11-18(14-6-3-2-4-7-14)26-20(17)22-12-21-19/h2-12H,1H3,(H,23,25)(H,21,22,24). The number of carbonyl (C=O) groups excluding carboxylic acids is 1. The molecule has 26 heavy (non-hydrogen) atoms. The second-order valence-electron chi connectivity index (χ2n) is 5.80. The van der Waals surface area contributed by atoms with E-state index in [0.29, 0.717) is 0 Å². The van der Waals surface area contributed by atoms with Crippen LogP contribution in [-0.2, 0) is 4.79 Å². The number of fused-ring (bicyclic) bond motifs is 1. The van der Waals surface area contributed by atoms with Crippen molar-refractivity contribution in [3.05, 3.63) is 67.0 Å². The van der Waals surface area contributed by atoms with E-state index < -0.39 is 0 Å². The lowest BCUT2D eigenvalue weighted by molar-refractivity contribution is -0.114. The Morgan fingerprint density at radius 3 is 2.58 bits per heavy atom. The first-order valence-corrected chi connectivity index (χ1v) is 8.95. The number of aromatic nitrogens is 2. The van der Waals surface area contributed by atoms with Gasteiger partial charge >= 0.3 is 0 Å². The van der Waals surface area contributed by atoms with Crippen molar-refractivity contribution in [1.29, 1.82) is 0 Å². The van der Waals surface area contributed by atoms with Crippen LogP contribution in [0.25, 0.3) is 20.7 Å². The number of rotatable bonds is 4. The molecule has 0 radical (unpaired) electrons. The third kappa shape index (κ3) is 3.41. The number of hydrogen-bond acceptors (Lipinski definition) is 5. The van der Waals surface area contributed by atoms with Gasteiger partial charge in [-0.15, -0.1) is 11.3 Å². The molecule has 4 rings (SSSR count). The summed E-state index contributed by atoms with van der Waals surface area (Å²) in [7, 11) is 0. The molecule has 1 amide bonds. The highest BCUT2D eigenvalue weighted by Gasteiger charge is 2.10. The van der Waals surface area contributed by atoms with Crippen molar-refractivity contribution < 1.29 is 4.79 Å². The lowest BCUT2D eigenvalue weighted by atomic mass is 10.2. The second-order valence-corrected chi connectivity index (χ2v) is 6.84. The highest BCUT2D eigenvalue weighted by Crippen LogP contribution is 2.35. The van der Waals surface area contributed by atoms with Gasteiger partial charge < -0.3 is 10.6 Å². The quantitative estimate of drug-likeness (QED) is 0.534. The van der Waals surface area contributed by atoms with Crippen LogP contribution in [-0.4, -0.2) is 15.9 Å². The van der Waals surface area contributed by atoms with Gasteiger partial charge in [0.25, 0.3) is 0 Å². The maximum atomic E-state index is 11.2. The molecule has 0 aliphatic rings. The molecule has 5 nitrogen and oxygen atoms in total. The zero-order valence-electron chi connectivity index (χ0n) is 14.1. The van der Waals surface area contributed by atoms with Crippen molar-refractivity contribution in [2.45, 2.75) is 6.92 Å². The van der Waals surface area contributed by atoms with E-state index in [9.17, 15) is 4.79 Å². The summed E-state index contributed by atoms with van der Waals surface area (Å²) in [6, 6.07) is 19.9. The Morgan fingerprint density at radius 2 is 1.77 bits per heavy atom. The number of hydrogen-bond donors (Lipinski definition) is 2. The fourth-order valence-electron chi connectivity index (χ4n) is 2.71. The Balaban J connectivity index is 1.69. The lowest BCUT2D eigenvalue weighted by Gasteiger charge is -2.08. The number of anilines is 3. The first-order chi connectivity index (χ1) is 12.7. The van der Waals surface area contributed by atoms with Crippen molar-refractivity contribution in [3.63, 3.8) is 0 Å². The Kier molecular flexibility index (Phi) is 4.33. The van der Waals surface area contributed by atoms with Gasteiger partial charge in [-0.05, 0) is 29.8 Å². The molecular weight excluding hydrogens is 344 g/mol. The summed E-state index contributed by atoms with van der Waals surface area (Å²) >= 11 is 1.64. The van der Waals surface area contributed by atoms with Gasteiger partial charge in [-0.25, -0.2) is 9.97 Å². The first-order valence-electron chi connectivity index (χ1n) is 8.14. The highest BCUT2D eigenvalue weighted by atomic mass is 32.1. The monoisotopic (exact) mass is 360 g/mol. The molecule has 0 unspecified atom stereocenters. The van der Waals surface area contributed by atoms with Gasteiger partial charge in [-0.2, -0.15) is 0 Å². The second kappa shape index (κ2) is 6.93. The summed E-state index contributed by atoms with van der Waals surface area (Å²) in [5, 5.41) is 7.09. The molecule has 0 spiro atoms. The summed E-state index contributed by atoms with van der Waals surface area (Å²) in [5.74, 6) is 0.644. The number of thiophene rings is 1. The number of nitrogens with one attached hydrogen (secondary N) is 2. The van der Waals surface area contributed by atoms with Gasteiger partial charge in [0, 0.05) is 23.2 Å². The van der Waals surface area contributed by atoms with Crippen LogP contribution in [0.5, 0.6) is 0 Å². The minimum Gasteiger partial charge on any atom is -0.340 e. The van der Waals surface area contributed by atoms with E-state index in [0.717, 1.165) is 37.8 Å². The van der Waals surface area contributed by atoms with Gasteiger partial charge in [0.1, 0.15) is 17.0 Å².